The molecule has 1 aliphatic heterocycles. The first-order chi connectivity index (χ1) is 14.9. The molecular weight excluding hydrogens is 414 g/mol. The predicted molar refractivity (Wildman–Crippen MR) is 118 cm³/mol. The van der Waals surface area contributed by atoms with Gasteiger partial charge in [0.2, 0.25) is 10.0 Å². The van der Waals surface area contributed by atoms with Crippen LogP contribution in [0.4, 0.5) is 0 Å². The summed E-state index contributed by atoms with van der Waals surface area (Å²) in [5.74, 6) is -0.195. The second-order valence-electron chi connectivity index (χ2n) is 7.78. The first-order valence-electron chi connectivity index (χ1n) is 10.2. The lowest BCUT2D eigenvalue weighted by atomic mass is 10.0. The summed E-state index contributed by atoms with van der Waals surface area (Å²) in [7, 11) is -3.64. The summed E-state index contributed by atoms with van der Waals surface area (Å²) >= 11 is 0. The van der Waals surface area contributed by atoms with Crippen LogP contribution in [-0.4, -0.2) is 49.4 Å². The zero-order chi connectivity index (χ0) is 22.0. The van der Waals surface area contributed by atoms with Crippen molar-refractivity contribution in [2.45, 2.75) is 30.9 Å². The molecule has 1 saturated heterocycles. The maximum absolute atomic E-state index is 13.1. The van der Waals surface area contributed by atoms with E-state index < -0.39 is 16.1 Å². The Morgan fingerprint density at radius 1 is 1.13 bits per heavy atom. The number of benzene rings is 2. The molecule has 1 aromatic heterocycles. The largest absolute Gasteiger partial charge is 0.369 e. The van der Waals surface area contributed by atoms with Gasteiger partial charge >= 0.3 is 0 Å². The predicted octanol–water partition coefficient (Wildman–Crippen LogP) is 3.14. The van der Waals surface area contributed by atoms with Crippen molar-refractivity contribution in [3.8, 4) is 0 Å². The second-order valence-corrected chi connectivity index (χ2v) is 9.71. The summed E-state index contributed by atoms with van der Waals surface area (Å²) in [4.78, 5) is 17.8. The Morgan fingerprint density at radius 3 is 2.58 bits per heavy atom. The van der Waals surface area contributed by atoms with Crippen LogP contribution in [0.5, 0.6) is 0 Å². The first kappa shape index (κ1) is 21.4. The van der Waals surface area contributed by atoms with Crippen molar-refractivity contribution in [3.05, 3.63) is 71.9 Å². The molecule has 4 rings (SSSR count). The molecule has 1 fully saturated rings. The lowest BCUT2D eigenvalue weighted by Gasteiger charge is -2.32. The van der Waals surface area contributed by atoms with Crippen LogP contribution in [0.3, 0.4) is 0 Å². The lowest BCUT2D eigenvalue weighted by molar-refractivity contribution is -0.00479. The van der Waals surface area contributed by atoms with Gasteiger partial charge in [0.1, 0.15) is 6.10 Å². The highest BCUT2D eigenvalue weighted by Crippen LogP contribution is 2.28. The molecule has 1 aliphatic rings. The summed E-state index contributed by atoms with van der Waals surface area (Å²) in [6.45, 7) is 4.45. The third-order valence-corrected chi connectivity index (χ3v) is 7.02. The van der Waals surface area contributed by atoms with Gasteiger partial charge in [-0.25, -0.2) is 13.4 Å². The summed E-state index contributed by atoms with van der Waals surface area (Å²) in [5, 5.41) is 3.67. The van der Waals surface area contributed by atoms with Gasteiger partial charge in [-0.3, -0.25) is 4.79 Å². The summed E-state index contributed by atoms with van der Waals surface area (Å²) < 4.78 is 33.4. The Hall–Kier alpha value is -2.81. The molecule has 2 heterocycles. The molecule has 0 spiro atoms. The van der Waals surface area contributed by atoms with Gasteiger partial charge in [-0.1, -0.05) is 36.4 Å². The minimum Gasteiger partial charge on any atom is -0.369 e. The smallest absolute Gasteiger partial charge is 0.252 e. The van der Waals surface area contributed by atoms with Crippen LogP contribution in [0, 0.1) is 0 Å². The number of sulfonamides is 1. The highest BCUT2D eigenvalue weighted by atomic mass is 32.2. The van der Waals surface area contributed by atoms with Crippen molar-refractivity contribution in [1.29, 1.82) is 0 Å². The minimum atomic E-state index is -3.64. The van der Waals surface area contributed by atoms with Crippen LogP contribution in [0.25, 0.3) is 10.9 Å². The average molecular weight is 440 g/mol. The molecule has 3 aromatic rings. The van der Waals surface area contributed by atoms with E-state index in [9.17, 15) is 13.2 Å². The zero-order valence-electron chi connectivity index (χ0n) is 17.5. The standard InChI is InChI=1S/C23H25N3O4S/c1-16(2)24-23(27)19-14-21(25-20-11-7-6-10-18(19)20)22-15-26(12-13-30-22)31(28,29)17-8-4-3-5-9-17/h3-11,14,16,22H,12-13,15H2,1-2H3,(H,24,27)/t22-/m1/s1. The molecular formula is C23H25N3O4S. The van der Waals surface area contributed by atoms with Crippen molar-refractivity contribution in [3.63, 3.8) is 0 Å². The van der Waals surface area contributed by atoms with Crippen LogP contribution in [0.15, 0.2) is 65.6 Å². The number of carbonyl (C=O) groups excluding carboxylic acids is 1. The SMILES string of the molecule is CC(C)NC(=O)c1cc([C@H]2CN(S(=O)(=O)c3ccccc3)CCO2)nc2ccccc12. The third kappa shape index (κ3) is 4.46. The van der Waals surface area contributed by atoms with Gasteiger partial charge in [-0.15, -0.1) is 0 Å². The molecule has 1 amide bonds. The quantitative estimate of drug-likeness (QED) is 0.660. The molecule has 8 heteroatoms. The van der Waals surface area contributed by atoms with Gasteiger partial charge in [0.25, 0.3) is 5.91 Å². The van der Waals surface area contributed by atoms with E-state index in [0.717, 1.165) is 5.39 Å². The number of aromatic nitrogens is 1. The number of hydrogen-bond donors (Lipinski definition) is 1. The molecule has 0 unspecified atom stereocenters. The number of amides is 1. The maximum Gasteiger partial charge on any atom is 0.252 e. The minimum absolute atomic E-state index is 0.0136. The molecule has 31 heavy (non-hydrogen) atoms. The third-order valence-electron chi connectivity index (χ3n) is 5.14. The molecule has 162 valence electrons. The van der Waals surface area contributed by atoms with E-state index in [4.69, 9.17) is 4.74 Å². The fourth-order valence-electron chi connectivity index (χ4n) is 3.65. The van der Waals surface area contributed by atoms with Crippen molar-refractivity contribution in [1.82, 2.24) is 14.6 Å². The van der Waals surface area contributed by atoms with E-state index in [0.29, 0.717) is 16.8 Å². The van der Waals surface area contributed by atoms with E-state index in [2.05, 4.69) is 10.3 Å². The van der Waals surface area contributed by atoms with Crippen molar-refractivity contribution >= 4 is 26.8 Å². The van der Waals surface area contributed by atoms with Crippen LogP contribution in [0.2, 0.25) is 0 Å². The van der Waals surface area contributed by atoms with Gasteiger partial charge < -0.3 is 10.1 Å². The highest BCUT2D eigenvalue weighted by Gasteiger charge is 2.32. The van der Waals surface area contributed by atoms with Crippen LogP contribution in [0.1, 0.15) is 36.0 Å². The summed E-state index contributed by atoms with van der Waals surface area (Å²) in [5.41, 5.74) is 1.71. The van der Waals surface area contributed by atoms with Gasteiger partial charge in [0, 0.05) is 24.5 Å². The van der Waals surface area contributed by atoms with E-state index in [-0.39, 0.29) is 36.5 Å². The molecule has 0 radical (unpaired) electrons. The van der Waals surface area contributed by atoms with E-state index in [1.807, 2.05) is 38.1 Å². The van der Waals surface area contributed by atoms with Gasteiger partial charge in [0.05, 0.1) is 28.3 Å². The Labute approximate surface area is 182 Å². The molecule has 1 atom stereocenters. The van der Waals surface area contributed by atoms with Crippen molar-refractivity contribution in [2.75, 3.05) is 19.7 Å². The molecule has 0 aliphatic carbocycles. The number of fused-ring (bicyclic) bond motifs is 1. The fourth-order valence-corrected chi connectivity index (χ4v) is 5.10. The summed E-state index contributed by atoms with van der Waals surface area (Å²) in [6.07, 6.45) is -0.567. The zero-order valence-corrected chi connectivity index (χ0v) is 18.3. The van der Waals surface area contributed by atoms with Crippen LogP contribution >= 0.6 is 0 Å². The molecule has 0 bridgehead atoms. The van der Waals surface area contributed by atoms with Gasteiger partial charge in [-0.2, -0.15) is 4.31 Å². The Kier molecular flexibility index (Phi) is 6.04. The number of morpholine rings is 1. The molecule has 0 saturated carbocycles. The Bertz CT molecular complexity index is 1200. The van der Waals surface area contributed by atoms with E-state index in [1.165, 1.54) is 4.31 Å². The molecule has 2 aromatic carbocycles. The first-order valence-corrected chi connectivity index (χ1v) is 11.7. The fraction of sp³-hybridized carbons (Fsp3) is 0.304. The van der Waals surface area contributed by atoms with Crippen LogP contribution < -0.4 is 5.32 Å². The highest BCUT2D eigenvalue weighted by molar-refractivity contribution is 7.89. The lowest BCUT2D eigenvalue weighted by Crippen LogP contribution is -2.42. The Balaban J connectivity index is 1.69. The summed E-state index contributed by atoms with van der Waals surface area (Å²) in [6, 6.07) is 17.5. The van der Waals surface area contributed by atoms with Crippen molar-refractivity contribution < 1.29 is 17.9 Å². The maximum atomic E-state index is 13.1. The number of hydrogen-bond acceptors (Lipinski definition) is 5. The normalized spacial score (nSPS) is 17.7. The number of nitrogens with zero attached hydrogens (tertiary/aromatic N) is 2. The number of rotatable bonds is 5. The monoisotopic (exact) mass is 439 g/mol. The number of para-hydroxylation sites is 1. The van der Waals surface area contributed by atoms with E-state index >= 15 is 0 Å². The van der Waals surface area contributed by atoms with Gasteiger partial charge in [-0.05, 0) is 38.1 Å². The molecule has 1 N–H and O–H groups in total. The molecule has 7 nitrogen and oxygen atoms in total. The average Bonchev–Trinajstić information content (AvgIpc) is 2.78. The van der Waals surface area contributed by atoms with Gasteiger partial charge in [0.15, 0.2) is 0 Å². The van der Waals surface area contributed by atoms with E-state index in [1.54, 1.807) is 36.4 Å². The number of carbonyl (C=O) groups is 1. The number of pyridine rings is 1. The second kappa shape index (κ2) is 8.74. The topological polar surface area (TPSA) is 88.6 Å². The van der Waals surface area contributed by atoms with Crippen molar-refractivity contribution in [2.24, 2.45) is 0 Å². The Morgan fingerprint density at radius 2 is 1.84 bits per heavy atom. The number of nitrogens with one attached hydrogen (secondary N) is 1. The number of ether oxygens (including phenoxy) is 1. The van der Waals surface area contributed by atoms with Crippen LogP contribution in [-0.2, 0) is 14.8 Å².